The van der Waals surface area contributed by atoms with E-state index in [9.17, 15) is 4.79 Å². The minimum atomic E-state index is -0.921. The number of aryl methyl sites for hydroxylation is 2. The molecule has 16 heavy (non-hydrogen) atoms. The largest absolute Gasteiger partial charge is 0.477 e. The van der Waals surface area contributed by atoms with Crippen molar-refractivity contribution in [2.24, 2.45) is 0 Å². The Morgan fingerprint density at radius 3 is 2.69 bits per heavy atom. The third kappa shape index (κ3) is 2.05. The predicted octanol–water partition coefficient (Wildman–Crippen LogP) is 2.01. The lowest BCUT2D eigenvalue weighted by Crippen LogP contribution is -2.13. The zero-order chi connectivity index (χ0) is 11.5. The van der Waals surface area contributed by atoms with Crippen LogP contribution in [0, 0.1) is 0 Å². The summed E-state index contributed by atoms with van der Waals surface area (Å²) in [4.78, 5) is 19.8. The highest BCUT2D eigenvalue weighted by molar-refractivity contribution is 5.87. The van der Waals surface area contributed by atoms with Gasteiger partial charge in [0.25, 0.3) is 0 Å². The minimum Gasteiger partial charge on any atom is -0.477 e. The number of nitrogens with zero attached hydrogens (tertiary/aromatic N) is 2. The Hall–Kier alpha value is -1.45. The minimum absolute atomic E-state index is 0.226. The fraction of sp³-hybridized carbons (Fsp3) is 0.583. The number of hydrogen-bond donors (Lipinski definition) is 1. The van der Waals surface area contributed by atoms with Crippen LogP contribution in [0.4, 0.5) is 0 Å². The number of carboxylic acid groups (broad SMARTS) is 1. The summed E-state index contributed by atoms with van der Waals surface area (Å²) in [6.45, 7) is 1.95. The molecule has 4 heteroatoms. The molecule has 0 aromatic carbocycles. The second kappa shape index (κ2) is 4.60. The average Bonchev–Trinajstić information content (AvgIpc) is 2.52. The fourth-order valence-corrected chi connectivity index (χ4v) is 2.16. The lowest BCUT2D eigenvalue weighted by molar-refractivity contribution is 0.0688. The second-order valence-corrected chi connectivity index (χ2v) is 4.13. The third-order valence-corrected chi connectivity index (χ3v) is 3.00. The van der Waals surface area contributed by atoms with Gasteiger partial charge in [0.2, 0.25) is 0 Å². The number of fused-ring (bicyclic) bond motifs is 1. The topological polar surface area (TPSA) is 63.1 Å². The Morgan fingerprint density at radius 2 is 2.00 bits per heavy atom. The molecule has 0 atom stereocenters. The van der Waals surface area contributed by atoms with Crippen LogP contribution in [0.2, 0.25) is 0 Å². The van der Waals surface area contributed by atoms with Crippen LogP contribution in [0.1, 0.15) is 53.8 Å². The summed E-state index contributed by atoms with van der Waals surface area (Å²) in [5.41, 5.74) is 2.05. The van der Waals surface area contributed by atoms with E-state index in [0.29, 0.717) is 12.2 Å². The molecule has 0 fully saturated rings. The molecular formula is C12H16N2O2. The van der Waals surface area contributed by atoms with Crippen LogP contribution in [-0.2, 0) is 19.3 Å². The normalized spacial score (nSPS) is 15.3. The molecule has 0 saturated carbocycles. The smallest absolute Gasteiger partial charge is 0.354 e. The summed E-state index contributed by atoms with van der Waals surface area (Å²) in [5.74, 6) is -0.270. The van der Waals surface area contributed by atoms with E-state index in [1.165, 1.54) is 0 Å². The van der Waals surface area contributed by atoms with Gasteiger partial charge in [0.05, 0.1) is 0 Å². The molecule has 0 spiro atoms. The van der Waals surface area contributed by atoms with E-state index >= 15 is 0 Å². The maximum atomic E-state index is 11.2. The highest BCUT2D eigenvalue weighted by Gasteiger charge is 2.20. The van der Waals surface area contributed by atoms with Crippen molar-refractivity contribution in [2.75, 3.05) is 0 Å². The molecule has 0 radical (unpaired) electrons. The maximum Gasteiger partial charge on any atom is 0.354 e. The third-order valence-electron chi connectivity index (χ3n) is 3.00. The van der Waals surface area contributed by atoms with Gasteiger partial charge in [-0.1, -0.05) is 13.3 Å². The van der Waals surface area contributed by atoms with E-state index in [1.807, 2.05) is 6.92 Å². The number of carbonyl (C=O) groups is 1. The van der Waals surface area contributed by atoms with Gasteiger partial charge in [0.15, 0.2) is 5.69 Å². The van der Waals surface area contributed by atoms with Crippen molar-refractivity contribution in [3.63, 3.8) is 0 Å². The molecule has 1 aliphatic rings. The monoisotopic (exact) mass is 220 g/mol. The van der Waals surface area contributed by atoms with E-state index in [2.05, 4.69) is 9.97 Å². The number of carboxylic acids is 1. The van der Waals surface area contributed by atoms with Crippen molar-refractivity contribution in [1.82, 2.24) is 9.97 Å². The Morgan fingerprint density at radius 1 is 1.25 bits per heavy atom. The van der Waals surface area contributed by atoms with Gasteiger partial charge >= 0.3 is 5.97 Å². The van der Waals surface area contributed by atoms with Gasteiger partial charge in [-0.2, -0.15) is 0 Å². The molecule has 86 valence electrons. The zero-order valence-corrected chi connectivity index (χ0v) is 9.49. The van der Waals surface area contributed by atoms with Crippen LogP contribution in [0.3, 0.4) is 0 Å². The first-order valence-corrected chi connectivity index (χ1v) is 5.84. The Bertz CT molecular complexity index is 416. The van der Waals surface area contributed by atoms with Gasteiger partial charge in [-0.3, -0.25) is 0 Å². The molecular weight excluding hydrogens is 204 g/mol. The number of aromatic carboxylic acids is 1. The van der Waals surface area contributed by atoms with Crippen molar-refractivity contribution in [3.8, 4) is 0 Å². The van der Waals surface area contributed by atoms with E-state index in [0.717, 1.165) is 43.4 Å². The van der Waals surface area contributed by atoms with Crippen LogP contribution < -0.4 is 0 Å². The molecule has 2 rings (SSSR count). The molecule has 4 nitrogen and oxygen atoms in total. The van der Waals surface area contributed by atoms with E-state index in [-0.39, 0.29) is 5.69 Å². The summed E-state index contributed by atoms with van der Waals surface area (Å²) >= 11 is 0. The van der Waals surface area contributed by atoms with Crippen LogP contribution in [0.15, 0.2) is 0 Å². The summed E-state index contributed by atoms with van der Waals surface area (Å²) < 4.78 is 0. The summed E-state index contributed by atoms with van der Waals surface area (Å²) in [6, 6.07) is 0. The van der Waals surface area contributed by atoms with Gasteiger partial charge in [0.1, 0.15) is 5.82 Å². The Balaban J connectivity index is 2.53. The molecule has 1 aromatic rings. The highest BCUT2D eigenvalue weighted by Crippen LogP contribution is 2.21. The van der Waals surface area contributed by atoms with E-state index < -0.39 is 5.97 Å². The van der Waals surface area contributed by atoms with Gasteiger partial charge in [-0.05, 0) is 25.7 Å². The van der Waals surface area contributed by atoms with Crippen molar-refractivity contribution >= 4 is 5.97 Å². The molecule has 0 aliphatic heterocycles. The van der Waals surface area contributed by atoms with E-state index in [4.69, 9.17) is 5.11 Å². The molecule has 1 heterocycles. The fourth-order valence-electron chi connectivity index (χ4n) is 2.16. The predicted molar refractivity (Wildman–Crippen MR) is 59.6 cm³/mol. The summed E-state index contributed by atoms with van der Waals surface area (Å²) in [7, 11) is 0. The molecule has 1 aliphatic carbocycles. The Labute approximate surface area is 94.7 Å². The van der Waals surface area contributed by atoms with Crippen LogP contribution in [0.25, 0.3) is 0 Å². The lowest BCUT2D eigenvalue weighted by atomic mass is 10.1. The number of rotatable bonds is 2. The van der Waals surface area contributed by atoms with Gasteiger partial charge in [-0.25, -0.2) is 14.8 Å². The first kappa shape index (κ1) is 11.0. The maximum absolute atomic E-state index is 11.2. The van der Waals surface area contributed by atoms with Crippen molar-refractivity contribution in [1.29, 1.82) is 0 Å². The quantitative estimate of drug-likeness (QED) is 0.774. The SMILES string of the molecule is CCc1nc2c(c(C(=O)O)n1)CCCCC2. The lowest BCUT2D eigenvalue weighted by Gasteiger charge is -2.09. The molecule has 1 N–H and O–H groups in total. The molecule has 0 unspecified atom stereocenters. The van der Waals surface area contributed by atoms with Gasteiger partial charge in [0, 0.05) is 17.7 Å². The molecule has 1 aromatic heterocycles. The number of hydrogen-bond acceptors (Lipinski definition) is 3. The molecule has 0 amide bonds. The van der Waals surface area contributed by atoms with Crippen molar-refractivity contribution < 1.29 is 9.90 Å². The molecule has 0 bridgehead atoms. The first-order chi connectivity index (χ1) is 7.72. The van der Waals surface area contributed by atoms with Gasteiger partial charge in [-0.15, -0.1) is 0 Å². The summed E-state index contributed by atoms with van der Waals surface area (Å²) in [5, 5.41) is 9.16. The zero-order valence-electron chi connectivity index (χ0n) is 9.49. The van der Waals surface area contributed by atoms with Crippen molar-refractivity contribution in [2.45, 2.75) is 45.4 Å². The van der Waals surface area contributed by atoms with Crippen LogP contribution >= 0.6 is 0 Å². The number of aromatic nitrogens is 2. The standard InChI is InChI=1S/C12H16N2O2/c1-2-10-13-9-7-5-3-4-6-8(9)11(14-10)12(15)16/h2-7H2,1H3,(H,15,16). The second-order valence-electron chi connectivity index (χ2n) is 4.13. The van der Waals surface area contributed by atoms with Crippen LogP contribution in [-0.4, -0.2) is 21.0 Å². The molecule has 0 saturated heterocycles. The van der Waals surface area contributed by atoms with Crippen molar-refractivity contribution in [3.05, 3.63) is 22.8 Å². The first-order valence-electron chi connectivity index (χ1n) is 5.84. The van der Waals surface area contributed by atoms with Gasteiger partial charge < -0.3 is 5.11 Å². The Kier molecular flexibility index (Phi) is 3.17. The van der Waals surface area contributed by atoms with Crippen LogP contribution in [0.5, 0.6) is 0 Å². The average molecular weight is 220 g/mol. The summed E-state index contributed by atoms with van der Waals surface area (Å²) in [6.07, 6.45) is 5.69. The highest BCUT2D eigenvalue weighted by atomic mass is 16.4. The van der Waals surface area contributed by atoms with E-state index in [1.54, 1.807) is 0 Å².